The Balaban J connectivity index is 1.52. The number of ether oxygens (including phenoxy) is 1. The van der Waals surface area contributed by atoms with Gasteiger partial charge in [-0.1, -0.05) is 35.5 Å². The van der Waals surface area contributed by atoms with Crippen LogP contribution in [0.5, 0.6) is 0 Å². The number of hydrogen-bond donors (Lipinski definition) is 0. The summed E-state index contributed by atoms with van der Waals surface area (Å²) < 4.78 is 7.44. The van der Waals surface area contributed by atoms with Gasteiger partial charge in [-0.2, -0.15) is 0 Å². The van der Waals surface area contributed by atoms with Gasteiger partial charge < -0.3 is 9.64 Å². The Morgan fingerprint density at radius 3 is 2.82 bits per heavy atom. The van der Waals surface area contributed by atoms with E-state index in [1.807, 2.05) is 48.4 Å². The number of benzene rings is 1. The number of likely N-dealkylation sites (tertiary alicyclic amines) is 1. The summed E-state index contributed by atoms with van der Waals surface area (Å²) in [5.41, 5.74) is 1.92. The third-order valence-corrected chi connectivity index (χ3v) is 3.87. The minimum atomic E-state index is 0.0859. The number of hydrogen-bond acceptors (Lipinski definition) is 4. The van der Waals surface area contributed by atoms with Crippen molar-refractivity contribution >= 4 is 5.91 Å². The minimum Gasteiger partial charge on any atom is -0.370 e. The van der Waals surface area contributed by atoms with Gasteiger partial charge in [0.15, 0.2) is 0 Å². The molecule has 3 rings (SSSR count). The molecular formula is C16H20N4O2. The smallest absolute Gasteiger partial charge is 0.224 e. The molecule has 1 unspecified atom stereocenters. The molecule has 0 spiro atoms. The molecule has 1 aromatic heterocycles. The zero-order valence-electron chi connectivity index (χ0n) is 12.7. The minimum absolute atomic E-state index is 0.0859. The van der Waals surface area contributed by atoms with Crippen LogP contribution >= 0.6 is 0 Å². The third kappa shape index (κ3) is 3.33. The zero-order chi connectivity index (χ0) is 15.4. The molecular weight excluding hydrogens is 280 g/mol. The van der Waals surface area contributed by atoms with Crippen molar-refractivity contribution < 1.29 is 9.53 Å². The molecule has 1 aliphatic rings. The molecule has 0 bridgehead atoms. The zero-order valence-corrected chi connectivity index (χ0v) is 12.7. The van der Waals surface area contributed by atoms with Crippen molar-refractivity contribution in [2.45, 2.75) is 32.6 Å². The average molecular weight is 300 g/mol. The summed E-state index contributed by atoms with van der Waals surface area (Å²) in [7, 11) is 0. The number of aromatic nitrogens is 3. The Bertz CT molecular complexity index is 626. The van der Waals surface area contributed by atoms with Crippen LogP contribution in [-0.4, -0.2) is 38.9 Å². The first-order chi connectivity index (χ1) is 10.8. The van der Waals surface area contributed by atoms with Gasteiger partial charge in [-0.05, 0) is 12.5 Å². The third-order valence-electron chi connectivity index (χ3n) is 3.87. The van der Waals surface area contributed by atoms with Gasteiger partial charge >= 0.3 is 0 Å². The second-order valence-corrected chi connectivity index (χ2v) is 5.46. The van der Waals surface area contributed by atoms with E-state index in [9.17, 15) is 4.79 Å². The first-order valence-electron chi connectivity index (χ1n) is 7.56. The molecule has 1 fully saturated rings. The lowest BCUT2D eigenvalue weighted by Crippen LogP contribution is -2.24. The van der Waals surface area contributed by atoms with Crippen molar-refractivity contribution in [1.82, 2.24) is 19.9 Å². The van der Waals surface area contributed by atoms with E-state index in [1.54, 1.807) is 4.68 Å². The van der Waals surface area contributed by atoms with Gasteiger partial charge in [-0.15, -0.1) is 5.10 Å². The molecule has 1 aliphatic heterocycles. The molecule has 116 valence electrons. The average Bonchev–Trinajstić information content (AvgIpc) is 3.15. The molecule has 1 amide bonds. The molecule has 6 heteroatoms. The Morgan fingerprint density at radius 1 is 1.27 bits per heavy atom. The SMILES string of the molecule is CCN1CC(n2cc(COCc3ccccc3)nn2)CC1=O. The molecule has 1 atom stereocenters. The van der Waals surface area contributed by atoms with Crippen molar-refractivity contribution in [3.63, 3.8) is 0 Å². The normalized spacial score (nSPS) is 18.1. The van der Waals surface area contributed by atoms with E-state index in [1.165, 1.54) is 0 Å². The molecule has 0 saturated carbocycles. The highest BCUT2D eigenvalue weighted by molar-refractivity contribution is 5.78. The highest BCUT2D eigenvalue weighted by Crippen LogP contribution is 2.21. The van der Waals surface area contributed by atoms with Gasteiger partial charge in [-0.25, -0.2) is 4.68 Å². The summed E-state index contributed by atoms with van der Waals surface area (Å²) in [6.07, 6.45) is 2.38. The van der Waals surface area contributed by atoms with Crippen LogP contribution in [0.25, 0.3) is 0 Å². The fourth-order valence-corrected chi connectivity index (χ4v) is 2.64. The Hall–Kier alpha value is -2.21. The largest absolute Gasteiger partial charge is 0.370 e. The number of carbonyl (C=O) groups excluding carboxylic acids is 1. The lowest BCUT2D eigenvalue weighted by Gasteiger charge is -2.13. The lowest BCUT2D eigenvalue weighted by molar-refractivity contribution is -0.127. The number of amides is 1. The van der Waals surface area contributed by atoms with E-state index >= 15 is 0 Å². The molecule has 2 aromatic rings. The molecule has 1 saturated heterocycles. The van der Waals surface area contributed by atoms with Crippen molar-refractivity contribution in [2.24, 2.45) is 0 Å². The number of carbonyl (C=O) groups is 1. The maximum atomic E-state index is 11.8. The van der Waals surface area contributed by atoms with Gasteiger partial charge in [0.1, 0.15) is 5.69 Å². The summed E-state index contributed by atoms with van der Waals surface area (Å²) in [6, 6.07) is 10.1. The van der Waals surface area contributed by atoms with Crippen molar-refractivity contribution in [2.75, 3.05) is 13.1 Å². The first kappa shape index (κ1) is 14.7. The summed E-state index contributed by atoms with van der Waals surface area (Å²) in [4.78, 5) is 13.6. The maximum absolute atomic E-state index is 11.8. The molecule has 2 heterocycles. The van der Waals surface area contributed by atoms with Crippen LogP contribution in [0.3, 0.4) is 0 Å². The summed E-state index contributed by atoms with van der Waals surface area (Å²) >= 11 is 0. The highest BCUT2D eigenvalue weighted by Gasteiger charge is 2.30. The van der Waals surface area contributed by atoms with Crippen LogP contribution < -0.4 is 0 Å². The fraction of sp³-hybridized carbons (Fsp3) is 0.438. The van der Waals surface area contributed by atoms with Crippen molar-refractivity contribution in [3.8, 4) is 0 Å². The first-order valence-corrected chi connectivity index (χ1v) is 7.56. The number of nitrogens with zero attached hydrogens (tertiary/aromatic N) is 4. The van der Waals surface area contributed by atoms with E-state index in [2.05, 4.69) is 10.3 Å². The van der Waals surface area contributed by atoms with Crippen LogP contribution in [0.1, 0.15) is 30.6 Å². The predicted octanol–water partition coefficient (Wildman–Crippen LogP) is 1.79. The van der Waals surface area contributed by atoms with E-state index in [4.69, 9.17) is 4.74 Å². The van der Waals surface area contributed by atoms with Crippen LogP contribution in [0.15, 0.2) is 36.5 Å². The van der Waals surface area contributed by atoms with Crippen molar-refractivity contribution in [3.05, 3.63) is 47.8 Å². The standard InChI is InChI=1S/C16H20N4O2/c1-2-19-10-15(8-16(19)21)20-9-14(17-18-20)12-22-11-13-6-4-3-5-7-13/h3-7,9,15H,2,8,10-12H2,1H3. The Kier molecular flexibility index (Phi) is 4.48. The van der Waals surface area contributed by atoms with E-state index in [0.717, 1.165) is 17.8 Å². The summed E-state index contributed by atoms with van der Waals surface area (Å²) in [5.74, 6) is 0.185. The van der Waals surface area contributed by atoms with Crippen LogP contribution in [0.4, 0.5) is 0 Å². The molecule has 0 N–H and O–H groups in total. The molecule has 1 aromatic carbocycles. The van der Waals surface area contributed by atoms with Gasteiger partial charge in [0.05, 0.1) is 31.9 Å². The fourth-order valence-electron chi connectivity index (χ4n) is 2.64. The molecule has 22 heavy (non-hydrogen) atoms. The van der Waals surface area contributed by atoms with Gasteiger partial charge in [-0.3, -0.25) is 4.79 Å². The lowest BCUT2D eigenvalue weighted by atomic mass is 10.2. The quantitative estimate of drug-likeness (QED) is 0.816. The van der Waals surface area contributed by atoms with E-state index in [0.29, 0.717) is 26.2 Å². The van der Waals surface area contributed by atoms with Crippen LogP contribution in [0, 0.1) is 0 Å². The highest BCUT2D eigenvalue weighted by atomic mass is 16.5. The van der Waals surface area contributed by atoms with Crippen LogP contribution in [0.2, 0.25) is 0 Å². The van der Waals surface area contributed by atoms with Gasteiger partial charge in [0.2, 0.25) is 5.91 Å². The summed E-state index contributed by atoms with van der Waals surface area (Å²) in [6.45, 7) is 4.43. The van der Waals surface area contributed by atoms with Gasteiger partial charge in [0, 0.05) is 13.1 Å². The van der Waals surface area contributed by atoms with E-state index < -0.39 is 0 Å². The molecule has 0 aliphatic carbocycles. The number of likely N-dealkylation sites (N-methyl/N-ethyl adjacent to an activating group) is 1. The van der Waals surface area contributed by atoms with E-state index in [-0.39, 0.29) is 11.9 Å². The number of rotatable bonds is 6. The van der Waals surface area contributed by atoms with Crippen molar-refractivity contribution in [1.29, 1.82) is 0 Å². The topological polar surface area (TPSA) is 60.2 Å². The monoisotopic (exact) mass is 300 g/mol. The summed E-state index contributed by atoms with van der Waals surface area (Å²) in [5, 5.41) is 8.26. The maximum Gasteiger partial charge on any atom is 0.224 e. The molecule has 0 radical (unpaired) electrons. The predicted molar refractivity (Wildman–Crippen MR) is 80.9 cm³/mol. The Labute approximate surface area is 129 Å². The van der Waals surface area contributed by atoms with Crippen LogP contribution in [-0.2, 0) is 22.7 Å². The van der Waals surface area contributed by atoms with Gasteiger partial charge in [0.25, 0.3) is 0 Å². The second-order valence-electron chi connectivity index (χ2n) is 5.46. The molecule has 6 nitrogen and oxygen atoms in total. The Morgan fingerprint density at radius 2 is 2.09 bits per heavy atom. The second kappa shape index (κ2) is 6.70.